The zero-order valence-electron chi connectivity index (χ0n) is 13.3. The molecular weight excluding hydrogens is 324 g/mol. The molecule has 1 aromatic rings. The molecule has 0 heterocycles. The summed E-state index contributed by atoms with van der Waals surface area (Å²) in [6, 6.07) is 5.15. The summed E-state index contributed by atoms with van der Waals surface area (Å²) in [6.07, 6.45) is 2.68. The first kappa shape index (κ1) is 20.9. The van der Waals surface area contributed by atoms with Gasteiger partial charge in [-0.2, -0.15) is 11.8 Å². The van der Waals surface area contributed by atoms with Gasteiger partial charge in [0.1, 0.15) is 0 Å². The number of rotatable bonds is 9. The lowest BCUT2D eigenvalue weighted by atomic mass is 10.2. The molecular formula is C15H25ClN2O3S. The van der Waals surface area contributed by atoms with E-state index >= 15 is 0 Å². The second kappa shape index (κ2) is 11.5. The third-order valence-corrected chi connectivity index (χ3v) is 3.61. The summed E-state index contributed by atoms with van der Waals surface area (Å²) in [4.78, 5) is 11.9. The average molecular weight is 349 g/mol. The van der Waals surface area contributed by atoms with Gasteiger partial charge in [-0.25, -0.2) is 0 Å². The van der Waals surface area contributed by atoms with Crippen LogP contribution < -0.4 is 20.5 Å². The van der Waals surface area contributed by atoms with Crippen molar-refractivity contribution in [2.24, 2.45) is 5.73 Å². The highest BCUT2D eigenvalue weighted by Gasteiger charge is 2.13. The van der Waals surface area contributed by atoms with Gasteiger partial charge in [-0.15, -0.1) is 12.4 Å². The zero-order chi connectivity index (χ0) is 15.7. The van der Waals surface area contributed by atoms with Gasteiger partial charge < -0.3 is 20.5 Å². The predicted octanol–water partition coefficient (Wildman–Crippen LogP) is 2.21. The van der Waals surface area contributed by atoms with E-state index < -0.39 is 6.04 Å². The zero-order valence-corrected chi connectivity index (χ0v) is 14.9. The lowest BCUT2D eigenvalue weighted by molar-refractivity contribution is -0.122. The summed E-state index contributed by atoms with van der Waals surface area (Å²) in [5.41, 5.74) is 6.77. The summed E-state index contributed by atoms with van der Waals surface area (Å²) < 4.78 is 10.7. The van der Waals surface area contributed by atoms with Crippen molar-refractivity contribution in [3.05, 3.63) is 23.8 Å². The van der Waals surface area contributed by atoms with Crippen LogP contribution in [-0.2, 0) is 11.3 Å². The SMILES string of the molecule is CCOc1cc(CNC(=O)[C@@H](N)CCSC)ccc1OC.Cl. The second-order valence-corrected chi connectivity index (χ2v) is 5.51. The number of ether oxygens (including phenoxy) is 2. The van der Waals surface area contributed by atoms with Crippen molar-refractivity contribution in [3.63, 3.8) is 0 Å². The van der Waals surface area contributed by atoms with E-state index in [9.17, 15) is 4.79 Å². The Bertz CT molecular complexity index is 460. The first-order valence-corrected chi connectivity index (χ1v) is 8.33. The van der Waals surface area contributed by atoms with Crippen LogP contribution in [0.25, 0.3) is 0 Å². The molecule has 0 fully saturated rings. The molecule has 0 aliphatic carbocycles. The van der Waals surface area contributed by atoms with Crippen LogP contribution in [-0.4, -0.2) is 37.7 Å². The molecule has 0 spiro atoms. The van der Waals surface area contributed by atoms with Crippen LogP contribution in [0.5, 0.6) is 11.5 Å². The molecule has 22 heavy (non-hydrogen) atoms. The number of nitrogens with two attached hydrogens (primary N) is 1. The summed E-state index contributed by atoms with van der Waals surface area (Å²) in [5.74, 6) is 2.12. The number of methoxy groups -OCH3 is 1. The fourth-order valence-corrected chi connectivity index (χ4v) is 2.29. The van der Waals surface area contributed by atoms with Crippen molar-refractivity contribution in [2.45, 2.75) is 25.9 Å². The van der Waals surface area contributed by atoms with Gasteiger partial charge in [0.2, 0.25) is 5.91 Å². The molecule has 0 aliphatic rings. The van der Waals surface area contributed by atoms with Crippen LogP contribution in [0.2, 0.25) is 0 Å². The smallest absolute Gasteiger partial charge is 0.237 e. The van der Waals surface area contributed by atoms with Gasteiger partial charge in [0.25, 0.3) is 0 Å². The Morgan fingerprint density at radius 3 is 2.73 bits per heavy atom. The van der Waals surface area contributed by atoms with Gasteiger partial charge in [-0.05, 0) is 43.0 Å². The maximum absolute atomic E-state index is 11.9. The molecule has 1 aromatic carbocycles. The van der Waals surface area contributed by atoms with E-state index in [1.165, 1.54) is 0 Å². The number of hydrogen-bond donors (Lipinski definition) is 2. The van der Waals surface area contributed by atoms with E-state index in [4.69, 9.17) is 15.2 Å². The minimum Gasteiger partial charge on any atom is -0.493 e. The molecule has 3 N–H and O–H groups in total. The fourth-order valence-electron chi connectivity index (χ4n) is 1.80. The normalized spacial score (nSPS) is 11.3. The molecule has 0 bridgehead atoms. The van der Waals surface area contributed by atoms with Crippen molar-refractivity contribution >= 4 is 30.1 Å². The first-order chi connectivity index (χ1) is 10.1. The molecule has 0 aromatic heterocycles. The summed E-state index contributed by atoms with van der Waals surface area (Å²) in [6.45, 7) is 2.90. The van der Waals surface area contributed by atoms with E-state index in [2.05, 4.69) is 5.32 Å². The number of hydrogen-bond acceptors (Lipinski definition) is 5. The average Bonchev–Trinajstić information content (AvgIpc) is 2.50. The van der Waals surface area contributed by atoms with Crippen molar-refractivity contribution in [2.75, 3.05) is 25.7 Å². The predicted molar refractivity (Wildman–Crippen MR) is 94.2 cm³/mol. The van der Waals surface area contributed by atoms with Crippen molar-refractivity contribution in [1.29, 1.82) is 0 Å². The summed E-state index contributed by atoms with van der Waals surface area (Å²) >= 11 is 1.68. The highest BCUT2D eigenvalue weighted by atomic mass is 35.5. The van der Waals surface area contributed by atoms with Crippen molar-refractivity contribution in [1.82, 2.24) is 5.32 Å². The standard InChI is InChI=1S/C15H24N2O3S.ClH/c1-4-20-14-9-11(5-6-13(14)19-2)10-17-15(18)12(16)7-8-21-3;/h5-6,9,12H,4,7-8,10,16H2,1-3H3,(H,17,18);1H/t12-;/m0./s1. The molecule has 1 atom stereocenters. The van der Waals surface area contributed by atoms with Crippen molar-refractivity contribution in [3.8, 4) is 11.5 Å². The maximum atomic E-state index is 11.9. The van der Waals surface area contributed by atoms with Crippen LogP contribution in [0.1, 0.15) is 18.9 Å². The highest BCUT2D eigenvalue weighted by molar-refractivity contribution is 7.98. The monoisotopic (exact) mass is 348 g/mol. The lowest BCUT2D eigenvalue weighted by Gasteiger charge is -2.13. The molecule has 0 radical (unpaired) electrons. The maximum Gasteiger partial charge on any atom is 0.237 e. The van der Waals surface area contributed by atoms with E-state index in [1.54, 1.807) is 18.9 Å². The largest absolute Gasteiger partial charge is 0.493 e. The van der Waals surface area contributed by atoms with E-state index in [1.807, 2.05) is 31.4 Å². The number of carbonyl (C=O) groups excluding carboxylic acids is 1. The van der Waals surface area contributed by atoms with Gasteiger partial charge in [-0.1, -0.05) is 6.07 Å². The lowest BCUT2D eigenvalue weighted by Crippen LogP contribution is -2.40. The topological polar surface area (TPSA) is 73.6 Å². The molecule has 0 saturated carbocycles. The van der Waals surface area contributed by atoms with E-state index in [0.29, 0.717) is 31.1 Å². The number of thioether (sulfide) groups is 1. The van der Waals surface area contributed by atoms with Gasteiger partial charge in [0, 0.05) is 6.54 Å². The van der Waals surface area contributed by atoms with Crippen molar-refractivity contribution < 1.29 is 14.3 Å². The Kier molecular flexibility index (Phi) is 10.9. The molecule has 126 valence electrons. The van der Waals surface area contributed by atoms with Crippen LogP contribution in [0.4, 0.5) is 0 Å². The molecule has 0 saturated heterocycles. The molecule has 0 unspecified atom stereocenters. The first-order valence-electron chi connectivity index (χ1n) is 6.94. The minimum absolute atomic E-state index is 0. The Morgan fingerprint density at radius 2 is 2.14 bits per heavy atom. The van der Waals surface area contributed by atoms with Crippen LogP contribution in [0.15, 0.2) is 18.2 Å². The Morgan fingerprint density at radius 1 is 1.41 bits per heavy atom. The number of benzene rings is 1. The van der Waals surface area contributed by atoms with E-state index in [-0.39, 0.29) is 18.3 Å². The Balaban J connectivity index is 0.00000441. The van der Waals surface area contributed by atoms with E-state index in [0.717, 1.165) is 11.3 Å². The number of nitrogens with one attached hydrogen (secondary N) is 1. The molecule has 7 heteroatoms. The number of carbonyl (C=O) groups is 1. The fraction of sp³-hybridized carbons (Fsp3) is 0.533. The quantitative estimate of drug-likeness (QED) is 0.715. The van der Waals surface area contributed by atoms with Gasteiger partial charge >= 0.3 is 0 Å². The third kappa shape index (κ3) is 6.77. The van der Waals surface area contributed by atoms with Gasteiger partial charge in [-0.3, -0.25) is 4.79 Å². The van der Waals surface area contributed by atoms with Crippen LogP contribution >= 0.6 is 24.2 Å². The van der Waals surface area contributed by atoms with Gasteiger partial charge in [0.05, 0.1) is 19.8 Å². The van der Waals surface area contributed by atoms with Crippen LogP contribution in [0, 0.1) is 0 Å². The highest BCUT2D eigenvalue weighted by Crippen LogP contribution is 2.27. The molecule has 1 rings (SSSR count). The van der Waals surface area contributed by atoms with Crippen LogP contribution in [0.3, 0.4) is 0 Å². The second-order valence-electron chi connectivity index (χ2n) is 4.52. The third-order valence-electron chi connectivity index (χ3n) is 2.96. The molecule has 1 amide bonds. The number of halogens is 1. The summed E-state index contributed by atoms with van der Waals surface area (Å²) in [7, 11) is 1.60. The van der Waals surface area contributed by atoms with Gasteiger partial charge in [0.15, 0.2) is 11.5 Å². The molecule has 5 nitrogen and oxygen atoms in total. The molecule has 0 aliphatic heterocycles. The Labute approximate surface area is 142 Å². The summed E-state index contributed by atoms with van der Waals surface area (Å²) in [5, 5.41) is 2.84. The number of amides is 1. The minimum atomic E-state index is -0.456. The Hall–Kier alpha value is -1.11.